The molecule has 1 heterocycles. The van der Waals surface area contributed by atoms with Gasteiger partial charge in [0.25, 0.3) is 0 Å². The fourth-order valence-corrected chi connectivity index (χ4v) is 0.857. The van der Waals surface area contributed by atoms with Crippen LogP contribution in [0.2, 0.25) is 0 Å². The molecule has 0 bridgehead atoms. The maximum Gasteiger partial charge on any atom is 0.0448 e. The molecule has 2 N–H and O–H groups in total. The summed E-state index contributed by atoms with van der Waals surface area (Å²) in [5.41, 5.74) is 0. The number of hydrogen-bond donors (Lipinski definition) is 2. The highest BCUT2D eigenvalue weighted by atomic mass is 16.3. The molecule has 0 saturated carbocycles. The minimum atomic E-state index is 0.280. The standard InChI is InChI=1S/C6H11NO/c8-5-3-6-2-1-4-7-6/h1-2,6-8H,3-5H2. The van der Waals surface area contributed by atoms with Crippen LogP contribution in [0, 0.1) is 0 Å². The predicted octanol–water partition coefficient (Wildman–Crippen LogP) is -0.103. The van der Waals surface area contributed by atoms with Crippen LogP contribution in [-0.4, -0.2) is 24.3 Å². The molecule has 0 radical (unpaired) electrons. The van der Waals surface area contributed by atoms with Gasteiger partial charge in [0.2, 0.25) is 0 Å². The Bertz CT molecular complexity index is 90.5. The number of nitrogens with one attached hydrogen (secondary N) is 1. The van der Waals surface area contributed by atoms with E-state index in [1.54, 1.807) is 0 Å². The summed E-state index contributed by atoms with van der Waals surface area (Å²) in [4.78, 5) is 0. The summed E-state index contributed by atoms with van der Waals surface area (Å²) in [7, 11) is 0. The average Bonchev–Trinajstić information content (AvgIpc) is 2.19. The van der Waals surface area contributed by atoms with E-state index in [9.17, 15) is 0 Å². The van der Waals surface area contributed by atoms with Crippen LogP contribution in [0.4, 0.5) is 0 Å². The van der Waals surface area contributed by atoms with E-state index in [0.717, 1.165) is 13.0 Å². The summed E-state index contributed by atoms with van der Waals surface area (Å²) in [6.45, 7) is 1.24. The first-order valence-electron chi connectivity index (χ1n) is 2.94. The maximum absolute atomic E-state index is 8.45. The molecule has 0 aromatic carbocycles. The van der Waals surface area contributed by atoms with Crippen LogP contribution in [0.5, 0.6) is 0 Å². The van der Waals surface area contributed by atoms with Gasteiger partial charge in [-0.1, -0.05) is 12.2 Å². The molecule has 0 aromatic rings. The van der Waals surface area contributed by atoms with E-state index in [-0.39, 0.29) is 6.61 Å². The van der Waals surface area contributed by atoms with Gasteiger partial charge in [-0.2, -0.15) is 0 Å². The highest BCUT2D eigenvalue weighted by Crippen LogP contribution is 1.97. The van der Waals surface area contributed by atoms with Gasteiger partial charge in [-0.25, -0.2) is 0 Å². The topological polar surface area (TPSA) is 32.3 Å². The molecule has 0 fully saturated rings. The number of rotatable bonds is 2. The highest BCUT2D eigenvalue weighted by Gasteiger charge is 2.04. The van der Waals surface area contributed by atoms with Crippen molar-refractivity contribution in [1.29, 1.82) is 0 Å². The normalized spacial score (nSPS) is 26.9. The van der Waals surface area contributed by atoms with Crippen molar-refractivity contribution < 1.29 is 5.11 Å². The molecule has 2 heteroatoms. The second-order valence-electron chi connectivity index (χ2n) is 1.96. The summed E-state index contributed by atoms with van der Waals surface area (Å²) < 4.78 is 0. The second-order valence-corrected chi connectivity index (χ2v) is 1.96. The smallest absolute Gasteiger partial charge is 0.0448 e. The van der Waals surface area contributed by atoms with E-state index in [4.69, 9.17) is 5.11 Å². The van der Waals surface area contributed by atoms with Crippen LogP contribution in [0.25, 0.3) is 0 Å². The molecule has 0 saturated heterocycles. The first kappa shape index (κ1) is 5.79. The lowest BCUT2D eigenvalue weighted by atomic mass is 10.2. The van der Waals surface area contributed by atoms with Crippen molar-refractivity contribution in [1.82, 2.24) is 5.32 Å². The second kappa shape index (κ2) is 2.84. The number of hydrogen-bond acceptors (Lipinski definition) is 2. The lowest BCUT2D eigenvalue weighted by Crippen LogP contribution is -2.22. The van der Waals surface area contributed by atoms with Gasteiger partial charge in [0.15, 0.2) is 0 Å². The van der Waals surface area contributed by atoms with E-state index in [1.807, 2.05) is 0 Å². The molecular formula is C6H11NO. The SMILES string of the molecule is OCCC1C=CCN1. The van der Waals surface area contributed by atoms with E-state index in [1.165, 1.54) is 0 Å². The summed E-state index contributed by atoms with van der Waals surface area (Å²) in [5, 5.41) is 11.6. The molecule has 0 aliphatic carbocycles. The van der Waals surface area contributed by atoms with E-state index < -0.39 is 0 Å². The Morgan fingerprint density at radius 2 is 2.62 bits per heavy atom. The fourth-order valence-electron chi connectivity index (χ4n) is 0.857. The maximum atomic E-state index is 8.45. The van der Waals surface area contributed by atoms with Crippen LogP contribution in [0.15, 0.2) is 12.2 Å². The number of aliphatic hydroxyl groups excluding tert-OH is 1. The Hall–Kier alpha value is -0.340. The van der Waals surface area contributed by atoms with Crippen molar-refractivity contribution in [2.75, 3.05) is 13.2 Å². The Morgan fingerprint density at radius 1 is 1.75 bits per heavy atom. The predicted molar refractivity (Wildman–Crippen MR) is 32.6 cm³/mol. The van der Waals surface area contributed by atoms with Crippen molar-refractivity contribution in [2.45, 2.75) is 12.5 Å². The van der Waals surface area contributed by atoms with E-state index >= 15 is 0 Å². The van der Waals surface area contributed by atoms with Crippen molar-refractivity contribution in [3.8, 4) is 0 Å². The van der Waals surface area contributed by atoms with Gasteiger partial charge < -0.3 is 10.4 Å². The zero-order valence-electron chi connectivity index (χ0n) is 4.80. The van der Waals surface area contributed by atoms with Crippen LogP contribution in [0.3, 0.4) is 0 Å². The Morgan fingerprint density at radius 3 is 3.12 bits per heavy atom. The third-order valence-electron chi connectivity index (χ3n) is 1.31. The molecule has 0 spiro atoms. The molecule has 2 nitrogen and oxygen atoms in total. The third-order valence-corrected chi connectivity index (χ3v) is 1.31. The van der Waals surface area contributed by atoms with Crippen LogP contribution >= 0.6 is 0 Å². The van der Waals surface area contributed by atoms with Crippen molar-refractivity contribution >= 4 is 0 Å². The third kappa shape index (κ3) is 1.32. The molecule has 8 heavy (non-hydrogen) atoms. The highest BCUT2D eigenvalue weighted by molar-refractivity contribution is 5.01. The summed E-state index contributed by atoms with van der Waals surface area (Å²) in [6.07, 6.45) is 5.02. The zero-order valence-corrected chi connectivity index (χ0v) is 4.80. The number of aliphatic hydroxyl groups is 1. The Kier molecular flexibility index (Phi) is 2.06. The summed E-state index contributed by atoms with van der Waals surface area (Å²) in [6, 6.07) is 0.431. The van der Waals surface area contributed by atoms with Gasteiger partial charge >= 0.3 is 0 Å². The zero-order chi connectivity index (χ0) is 5.82. The van der Waals surface area contributed by atoms with E-state index in [0.29, 0.717) is 6.04 Å². The van der Waals surface area contributed by atoms with Crippen LogP contribution < -0.4 is 5.32 Å². The van der Waals surface area contributed by atoms with Gasteiger partial charge in [-0.15, -0.1) is 0 Å². The minimum Gasteiger partial charge on any atom is -0.396 e. The minimum absolute atomic E-state index is 0.280. The molecule has 0 amide bonds. The fraction of sp³-hybridized carbons (Fsp3) is 0.667. The molecule has 1 atom stereocenters. The van der Waals surface area contributed by atoms with Crippen molar-refractivity contribution in [2.24, 2.45) is 0 Å². The first-order chi connectivity index (χ1) is 3.93. The lowest BCUT2D eigenvalue weighted by Gasteiger charge is -2.03. The molecule has 0 aromatic heterocycles. The van der Waals surface area contributed by atoms with E-state index in [2.05, 4.69) is 17.5 Å². The van der Waals surface area contributed by atoms with Gasteiger partial charge in [-0.3, -0.25) is 0 Å². The molecule has 46 valence electrons. The monoisotopic (exact) mass is 113 g/mol. The van der Waals surface area contributed by atoms with Gasteiger partial charge in [-0.05, 0) is 6.42 Å². The molecule has 1 aliphatic heterocycles. The lowest BCUT2D eigenvalue weighted by molar-refractivity contribution is 0.278. The summed E-state index contributed by atoms with van der Waals surface area (Å²) in [5.74, 6) is 0. The van der Waals surface area contributed by atoms with Crippen LogP contribution in [-0.2, 0) is 0 Å². The quantitative estimate of drug-likeness (QED) is 0.490. The average molecular weight is 113 g/mol. The van der Waals surface area contributed by atoms with Gasteiger partial charge in [0.1, 0.15) is 0 Å². The summed E-state index contributed by atoms with van der Waals surface area (Å²) >= 11 is 0. The Balaban J connectivity index is 2.16. The van der Waals surface area contributed by atoms with Gasteiger partial charge in [0, 0.05) is 19.2 Å². The first-order valence-corrected chi connectivity index (χ1v) is 2.94. The molecule has 1 aliphatic rings. The van der Waals surface area contributed by atoms with Crippen molar-refractivity contribution in [3.05, 3.63) is 12.2 Å². The largest absolute Gasteiger partial charge is 0.396 e. The molecule has 1 rings (SSSR count). The van der Waals surface area contributed by atoms with Crippen LogP contribution in [0.1, 0.15) is 6.42 Å². The molecular weight excluding hydrogens is 102 g/mol. The molecule has 1 unspecified atom stereocenters. The van der Waals surface area contributed by atoms with Crippen molar-refractivity contribution in [3.63, 3.8) is 0 Å². The van der Waals surface area contributed by atoms with Gasteiger partial charge in [0.05, 0.1) is 0 Å². The Labute approximate surface area is 49.2 Å².